The Morgan fingerprint density at radius 3 is 2.36 bits per heavy atom. The van der Waals surface area contributed by atoms with E-state index in [4.69, 9.17) is 10.5 Å². The van der Waals surface area contributed by atoms with Crippen molar-refractivity contribution in [2.75, 3.05) is 20.7 Å². The van der Waals surface area contributed by atoms with E-state index in [1.165, 1.54) is 4.90 Å². The zero-order valence-corrected chi connectivity index (χ0v) is 24.6. The van der Waals surface area contributed by atoms with Gasteiger partial charge in [-0.2, -0.15) is 0 Å². The Labute approximate surface area is 243 Å². The number of ether oxygens (including phenoxy) is 1. The summed E-state index contributed by atoms with van der Waals surface area (Å²) in [6.07, 6.45) is -0.477. The van der Waals surface area contributed by atoms with E-state index in [1.54, 1.807) is 20.2 Å². The maximum atomic E-state index is 14.0. The van der Waals surface area contributed by atoms with Gasteiger partial charge in [-0.3, -0.25) is 19.3 Å². The van der Waals surface area contributed by atoms with Crippen LogP contribution >= 0.6 is 0 Å². The number of nitrogens with one attached hydrogen (secondary N) is 1. The fourth-order valence-electron chi connectivity index (χ4n) is 6.51. The first kappa shape index (κ1) is 31.0. The number of phenols is 1. The Morgan fingerprint density at radius 1 is 1.17 bits per heavy atom. The van der Waals surface area contributed by atoms with Gasteiger partial charge in [0.15, 0.2) is 11.4 Å². The van der Waals surface area contributed by atoms with Gasteiger partial charge in [0, 0.05) is 23.6 Å². The molecule has 0 saturated heterocycles. The van der Waals surface area contributed by atoms with Crippen LogP contribution in [0.25, 0.3) is 5.76 Å². The molecular weight excluding hydrogens is 546 g/mol. The zero-order valence-electron chi connectivity index (χ0n) is 24.6. The van der Waals surface area contributed by atoms with Crippen molar-refractivity contribution in [2.24, 2.45) is 23.5 Å². The van der Waals surface area contributed by atoms with Crippen LogP contribution in [0.15, 0.2) is 23.0 Å². The van der Waals surface area contributed by atoms with Crippen molar-refractivity contribution < 1.29 is 44.3 Å². The van der Waals surface area contributed by atoms with E-state index >= 15 is 0 Å². The third kappa shape index (κ3) is 4.82. The molecule has 7 N–H and O–H groups in total. The van der Waals surface area contributed by atoms with Gasteiger partial charge >= 0.3 is 6.09 Å². The SMILES string of the molecule is CC(C)COC(=O)NCc1cc(C(C)C)c2c(c1O)C(O)=C1C(=O)[C@]3(O)C(O)=C(C(N)=O)C(=O)[C@H](N(C)C)[C@@H]3C[C@@H]1C2. The van der Waals surface area contributed by atoms with Gasteiger partial charge in [-0.15, -0.1) is 0 Å². The van der Waals surface area contributed by atoms with Crippen LogP contribution < -0.4 is 11.1 Å². The van der Waals surface area contributed by atoms with Crippen molar-refractivity contribution in [1.29, 1.82) is 0 Å². The number of hydrogen-bond donors (Lipinski definition) is 6. The number of ketones is 2. The number of fused-ring (bicyclic) bond motifs is 3. The summed E-state index contributed by atoms with van der Waals surface area (Å²) in [4.78, 5) is 53.1. The number of nitrogens with two attached hydrogens (primary N) is 1. The number of aromatic hydroxyl groups is 1. The molecule has 42 heavy (non-hydrogen) atoms. The number of benzene rings is 1. The fourth-order valence-corrected chi connectivity index (χ4v) is 6.51. The number of carbonyl (C=O) groups is 4. The van der Waals surface area contributed by atoms with Gasteiger partial charge in [-0.1, -0.05) is 27.7 Å². The molecular formula is C30H39N3O9. The van der Waals surface area contributed by atoms with E-state index in [0.29, 0.717) is 5.56 Å². The number of phenolic OH excluding ortho intramolecular Hbond substituents is 1. The molecule has 0 aliphatic heterocycles. The molecule has 0 radical (unpaired) electrons. The van der Waals surface area contributed by atoms with Gasteiger partial charge in [-0.05, 0) is 61.9 Å². The van der Waals surface area contributed by atoms with Gasteiger partial charge in [0.2, 0.25) is 5.78 Å². The highest BCUT2D eigenvalue weighted by Gasteiger charge is 2.64. The molecule has 12 heteroatoms. The van der Waals surface area contributed by atoms with Crippen LogP contribution in [0.2, 0.25) is 0 Å². The monoisotopic (exact) mass is 585 g/mol. The second-order valence-electron chi connectivity index (χ2n) is 12.3. The minimum atomic E-state index is -2.71. The molecule has 1 saturated carbocycles. The molecule has 4 rings (SSSR count). The van der Waals surface area contributed by atoms with E-state index in [0.717, 1.165) is 5.56 Å². The molecule has 4 atom stereocenters. The average Bonchev–Trinajstić information content (AvgIpc) is 2.88. The Bertz CT molecular complexity index is 1430. The van der Waals surface area contributed by atoms with Crippen molar-refractivity contribution in [3.05, 3.63) is 45.2 Å². The number of carbonyl (C=O) groups excluding carboxylic acids is 4. The van der Waals surface area contributed by atoms with Gasteiger partial charge in [-0.25, -0.2) is 4.79 Å². The second kappa shape index (κ2) is 11.1. The molecule has 1 aromatic carbocycles. The molecule has 0 aromatic heterocycles. The number of Topliss-reactive ketones (excluding diaryl/α,β-unsaturated/α-hetero) is 2. The molecule has 0 heterocycles. The standard InChI is InChI=1S/C30H39N3O9/c1-12(2)11-42-29(40)32-10-15-8-16(13(3)4)17-7-14-9-18-22(33(5)6)25(36)21(28(31)39)27(38)30(18,41)26(37)19(14)24(35)20(17)23(15)34/h8,12-14,18,22,34-35,38,41H,7,9-11H2,1-6H3,(H2,31,39)(H,32,40)/t14-,18-,22+,30-/m0/s1. The quantitative estimate of drug-likeness (QED) is 0.257. The first-order chi connectivity index (χ1) is 19.5. The lowest BCUT2D eigenvalue weighted by molar-refractivity contribution is -0.153. The maximum Gasteiger partial charge on any atom is 0.407 e. The molecule has 0 unspecified atom stereocenters. The van der Waals surface area contributed by atoms with Crippen LogP contribution in [-0.4, -0.2) is 81.2 Å². The first-order valence-corrected chi connectivity index (χ1v) is 14.0. The maximum absolute atomic E-state index is 14.0. The van der Waals surface area contributed by atoms with E-state index in [2.05, 4.69) is 5.32 Å². The largest absolute Gasteiger partial charge is 0.508 e. The summed E-state index contributed by atoms with van der Waals surface area (Å²) in [7, 11) is 3.10. The summed E-state index contributed by atoms with van der Waals surface area (Å²) in [5, 5.41) is 48.2. The molecule has 12 nitrogen and oxygen atoms in total. The van der Waals surface area contributed by atoms with E-state index in [9.17, 15) is 39.6 Å². The van der Waals surface area contributed by atoms with Gasteiger partial charge in [0.1, 0.15) is 22.8 Å². The number of likely N-dealkylation sites (N-methyl/N-ethyl adjacent to an activating group) is 1. The normalized spacial score (nSPS) is 25.5. The average molecular weight is 586 g/mol. The predicted molar refractivity (Wildman–Crippen MR) is 151 cm³/mol. The summed E-state index contributed by atoms with van der Waals surface area (Å²) in [5.74, 6) is -6.99. The van der Waals surface area contributed by atoms with Crippen LogP contribution in [0.4, 0.5) is 4.79 Å². The zero-order chi connectivity index (χ0) is 31.4. The highest BCUT2D eigenvalue weighted by atomic mass is 16.5. The summed E-state index contributed by atoms with van der Waals surface area (Å²) in [6, 6.07) is 0.589. The smallest absolute Gasteiger partial charge is 0.407 e. The molecule has 3 aliphatic carbocycles. The van der Waals surface area contributed by atoms with Crippen molar-refractivity contribution in [1.82, 2.24) is 10.2 Å². The number of alkyl carbamates (subject to hydrolysis) is 1. The Kier molecular flexibility index (Phi) is 8.18. The minimum Gasteiger partial charge on any atom is -0.508 e. The second-order valence-corrected chi connectivity index (χ2v) is 12.3. The van der Waals surface area contributed by atoms with Crippen LogP contribution in [0.1, 0.15) is 62.3 Å². The third-order valence-corrected chi connectivity index (χ3v) is 8.43. The van der Waals surface area contributed by atoms with Crippen LogP contribution in [-0.2, 0) is 32.1 Å². The molecule has 1 aromatic rings. The number of nitrogens with zero attached hydrogens (tertiary/aromatic N) is 1. The fraction of sp³-hybridized carbons (Fsp3) is 0.533. The van der Waals surface area contributed by atoms with Crippen LogP contribution in [0, 0.1) is 17.8 Å². The molecule has 1 fully saturated rings. The number of hydrogen-bond acceptors (Lipinski definition) is 10. The van der Waals surface area contributed by atoms with Gasteiger partial charge in [0.05, 0.1) is 18.2 Å². The van der Waals surface area contributed by atoms with Crippen molar-refractivity contribution in [3.8, 4) is 5.75 Å². The Morgan fingerprint density at radius 2 is 1.81 bits per heavy atom. The summed E-state index contributed by atoms with van der Waals surface area (Å²) >= 11 is 0. The lowest BCUT2D eigenvalue weighted by Gasteiger charge is -2.50. The Balaban J connectivity index is 1.86. The highest BCUT2D eigenvalue weighted by molar-refractivity contribution is 6.24. The van der Waals surface area contributed by atoms with Crippen molar-refractivity contribution >= 4 is 29.3 Å². The molecule has 228 valence electrons. The van der Waals surface area contributed by atoms with Crippen molar-refractivity contribution in [2.45, 2.75) is 64.6 Å². The number of aliphatic hydroxyl groups excluding tert-OH is 2. The summed E-state index contributed by atoms with van der Waals surface area (Å²) in [6.45, 7) is 7.72. The van der Waals surface area contributed by atoms with E-state index in [1.807, 2.05) is 27.7 Å². The first-order valence-electron chi connectivity index (χ1n) is 14.0. The van der Waals surface area contributed by atoms with Crippen LogP contribution in [0.3, 0.4) is 0 Å². The summed E-state index contributed by atoms with van der Waals surface area (Å²) < 4.78 is 5.14. The number of amides is 2. The number of aliphatic hydroxyl groups is 3. The molecule has 0 spiro atoms. The van der Waals surface area contributed by atoms with E-state index < -0.39 is 64.1 Å². The minimum absolute atomic E-state index is 0.00899. The highest BCUT2D eigenvalue weighted by Crippen LogP contribution is 2.53. The topological polar surface area (TPSA) is 200 Å². The molecule has 0 bridgehead atoms. The Hall–Kier alpha value is -3.90. The van der Waals surface area contributed by atoms with Gasteiger partial charge in [0.25, 0.3) is 5.91 Å². The van der Waals surface area contributed by atoms with Crippen LogP contribution in [0.5, 0.6) is 5.75 Å². The van der Waals surface area contributed by atoms with Crippen molar-refractivity contribution in [3.63, 3.8) is 0 Å². The number of primary amides is 1. The lowest BCUT2D eigenvalue weighted by Crippen LogP contribution is -2.65. The number of rotatable bonds is 7. The van der Waals surface area contributed by atoms with Gasteiger partial charge < -0.3 is 36.2 Å². The third-order valence-electron chi connectivity index (χ3n) is 8.43. The van der Waals surface area contributed by atoms with E-state index in [-0.39, 0.29) is 60.3 Å². The lowest BCUT2D eigenvalue weighted by atomic mass is 9.57. The molecule has 2 amide bonds. The summed E-state index contributed by atoms with van der Waals surface area (Å²) in [5.41, 5.74) is 3.21. The molecule has 3 aliphatic rings. The predicted octanol–water partition coefficient (Wildman–Crippen LogP) is 1.97.